The van der Waals surface area contributed by atoms with Crippen LogP contribution in [0, 0.1) is 17.8 Å². The van der Waals surface area contributed by atoms with E-state index in [1.807, 2.05) is 49.4 Å². The van der Waals surface area contributed by atoms with E-state index in [-0.39, 0.29) is 31.1 Å². The minimum atomic E-state index is -1.80. The number of aliphatic hydroxyl groups is 1. The van der Waals surface area contributed by atoms with Crippen LogP contribution in [0.25, 0.3) is 0 Å². The standard InChI is InChI=1S/C38H40O9/c1-22(2)36-18-24(4)38-30(34(36)45-37(46-36,47-38)20-27-9-7-6-8-10-27)16-28(19-35(42)31(38)15-23(3)33(35)41)21-43-32(40)17-26-11-13-29(14-12-26)44-25(5)39/h6-16,24,30-31,34,42H,1,17-21H2,2-5H3/t24-,30?,31-,34-,35-,36-,37?,38-/m1/s1. The number of benzene rings is 2. The first-order valence-corrected chi connectivity index (χ1v) is 16.2. The zero-order valence-corrected chi connectivity index (χ0v) is 27.1. The first-order chi connectivity index (χ1) is 22.3. The second-order valence-electron chi connectivity index (χ2n) is 13.9. The Balaban J connectivity index is 1.23. The summed E-state index contributed by atoms with van der Waals surface area (Å²) in [5.41, 5.74) is -0.155. The third kappa shape index (κ3) is 4.94. The molecule has 2 heterocycles. The van der Waals surface area contributed by atoms with Gasteiger partial charge in [0.2, 0.25) is 0 Å². The van der Waals surface area contributed by atoms with E-state index in [0.717, 1.165) is 11.1 Å². The van der Waals surface area contributed by atoms with Crippen molar-refractivity contribution in [3.63, 3.8) is 0 Å². The molecular weight excluding hydrogens is 600 g/mol. The normalized spacial score (nSPS) is 36.5. The minimum Gasteiger partial charge on any atom is -0.461 e. The number of esters is 2. The first kappa shape index (κ1) is 31.7. The summed E-state index contributed by atoms with van der Waals surface area (Å²) in [7, 11) is 0. The summed E-state index contributed by atoms with van der Waals surface area (Å²) in [6.07, 6.45) is 4.19. The van der Waals surface area contributed by atoms with Gasteiger partial charge in [0.25, 0.3) is 5.97 Å². The van der Waals surface area contributed by atoms with Gasteiger partial charge in [0, 0.05) is 25.2 Å². The molecule has 8 atom stereocenters. The molecule has 9 nitrogen and oxygen atoms in total. The summed E-state index contributed by atoms with van der Waals surface area (Å²) in [6, 6.07) is 16.5. The van der Waals surface area contributed by atoms with E-state index in [2.05, 4.69) is 13.5 Å². The van der Waals surface area contributed by atoms with Gasteiger partial charge in [0.05, 0.1) is 18.4 Å². The Kier molecular flexibility index (Phi) is 7.48. The topological polar surface area (TPSA) is 118 Å². The third-order valence-corrected chi connectivity index (χ3v) is 10.7. The number of hydrogen-bond donors (Lipinski definition) is 1. The van der Waals surface area contributed by atoms with Gasteiger partial charge in [-0.3, -0.25) is 14.4 Å². The molecule has 3 aliphatic carbocycles. The molecule has 3 fully saturated rings. The molecule has 0 amide bonds. The molecule has 246 valence electrons. The van der Waals surface area contributed by atoms with Gasteiger partial charge in [0.1, 0.15) is 29.7 Å². The van der Waals surface area contributed by atoms with E-state index >= 15 is 0 Å². The van der Waals surface area contributed by atoms with Crippen molar-refractivity contribution in [3.8, 4) is 5.75 Å². The average Bonchev–Trinajstić information content (AvgIpc) is 3.32. The van der Waals surface area contributed by atoms with Gasteiger partial charge >= 0.3 is 11.9 Å². The van der Waals surface area contributed by atoms with Crippen LogP contribution in [0.5, 0.6) is 5.75 Å². The molecule has 5 aliphatic rings. The molecule has 2 aromatic carbocycles. The lowest BCUT2D eigenvalue weighted by molar-refractivity contribution is -0.421. The van der Waals surface area contributed by atoms with Crippen molar-refractivity contribution in [1.29, 1.82) is 0 Å². The number of hydrogen-bond acceptors (Lipinski definition) is 9. The lowest BCUT2D eigenvalue weighted by Gasteiger charge is -2.59. The fourth-order valence-electron chi connectivity index (χ4n) is 8.72. The molecule has 1 saturated carbocycles. The van der Waals surface area contributed by atoms with Crippen LogP contribution in [0.2, 0.25) is 0 Å². The summed E-state index contributed by atoms with van der Waals surface area (Å²) < 4.78 is 31.7. The van der Waals surface area contributed by atoms with Gasteiger partial charge in [-0.25, -0.2) is 0 Å². The predicted octanol–water partition coefficient (Wildman–Crippen LogP) is 4.96. The molecule has 47 heavy (non-hydrogen) atoms. The molecule has 3 bridgehead atoms. The highest BCUT2D eigenvalue weighted by molar-refractivity contribution is 6.04. The third-order valence-electron chi connectivity index (χ3n) is 10.7. The van der Waals surface area contributed by atoms with Crippen LogP contribution in [0.3, 0.4) is 0 Å². The van der Waals surface area contributed by atoms with Crippen molar-refractivity contribution in [2.45, 2.75) is 82.3 Å². The smallest absolute Gasteiger partial charge is 0.310 e. The molecule has 0 spiro atoms. The van der Waals surface area contributed by atoms with Crippen LogP contribution in [-0.2, 0) is 46.2 Å². The van der Waals surface area contributed by atoms with Crippen molar-refractivity contribution in [1.82, 2.24) is 0 Å². The second kappa shape index (κ2) is 11.1. The summed E-state index contributed by atoms with van der Waals surface area (Å²) in [6.45, 7) is 11.3. The Morgan fingerprint density at radius 2 is 1.74 bits per heavy atom. The molecule has 2 saturated heterocycles. The number of carbonyl (C=O) groups is 3. The van der Waals surface area contributed by atoms with Crippen molar-refractivity contribution < 1.29 is 43.2 Å². The lowest BCUT2D eigenvalue weighted by Crippen LogP contribution is -2.70. The van der Waals surface area contributed by atoms with E-state index in [1.54, 1.807) is 31.2 Å². The molecule has 1 N–H and O–H groups in total. The largest absolute Gasteiger partial charge is 0.461 e. The SMILES string of the molecule is C=C(C)[C@]12C[C@@H](C)[C@@]34OC(Cc5ccccc5)(O[C@@H]1C3C=C(COC(=O)Cc1ccc(OC(C)=O)cc1)C[C@]1(O)C(=O)C(C)=C[C@@H]41)O2. The van der Waals surface area contributed by atoms with Crippen molar-refractivity contribution in [2.24, 2.45) is 17.8 Å². The molecule has 0 radical (unpaired) electrons. The Labute approximate surface area is 274 Å². The van der Waals surface area contributed by atoms with E-state index in [9.17, 15) is 19.5 Å². The van der Waals surface area contributed by atoms with Crippen LogP contribution in [0.1, 0.15) is 51.7 Å². The summed E-state index contributed by atoms with van der Waals surface area (Å²) in [5, 5.41) is 12.4. The number of carbonyl (C=O) groups excluding carboxylic acids is 3. The maximum Gasteiger partial charge on any atom is 0.310 e. The highest BCUT2D eigenvalue weighted by atomic mass is 16.9. The zero-order chi connectivity index (χ0) is 33.4. The monoisotopic (exact) mass is 640 g/mol. The molecular formula is C38H40O9. The zero-order valence-electron chi connectivity index (χ0n) is 27.1. The molecule has 2 aliphatic heterocycles. The van der Waals surface area contributed by atoms with Gasteiger partial charge in [-0.2, -0.15) is 0 Å². The molecule has 2 aromatic rings. The van der Waals surface area contributed by atoms with E-state index < -0.39 is 52.7 Å². The summed E-state index contributed by atoms with van der Waals surface area (Å²) >= 11 is 0. The lowest BCUT2D eigenvalue weighted by atomic mass is 9.55. The fourth-order valence-corrected chi connectivity index (χ4v) is 8.72. The second-order valence-corrected chi connectivity index (χ2v) is 13.9. The van der Waals surface area contributed by atoms with Crippen LogP contribution in [0.4, 0.5) is 0 Å². The van der Waals surface area contributed by atoms with Gasteiger partial charge in [-0.05, 0) is 66.2 Å². The average molecular weight is 641 g/mol. The number of ketones is 1. The summed E-state index contributed by atoms with van der Waals surface area (Å²) in [5.74, 6) is -3.61. The van der Waals surface area contributed by atoms with E-state index in [0.29, 0.717) is 35.3 Å². The van der Waals surface area contributed by atoms with E-state index in [1.165, 1.54) is 6.92 Å². The van der Waals surface area contributed by atoms with Crippen molar-refractivity contribution in [3.05, 3.63) is 101 Å². The van der Waals surface area contributed by atoms with Crippen LogP contribution in [-0.4, -0.2) is 58.3 Å². The number of fused-ring (bicyclic) bond motifs is 2. The van der Waals surface area contributed by atoms with Gasteiger partial charge in [0.15, 0.2) is 5.78 Å². The summed E-state index contributed by atoms with van der Waals surface area (Å²) in [4.78, 5) is 38.0. The number of rotatable bonds is 8. The predicted molar refractivity (Wildman–Crippen MR) is 170 cm³/mol. The molecule has 2 unspecified atom stereocenters. The molecule has 9 heteroatoms. The highest BCUT2D eigenvalue weighted by Crippen LogP contribution is 2.68. The maximum atomic E-state index is 13.8. The minimum absolute atomic E-state index is 0.00597. The van der Waals surface area contributed by atoms with Crippen molar-refractivity contribution >= 4 is 17.7 Å². The number of ether oxygens (including phenoxy) is 5. The molecule has 7 rings (SSSR count). The van der Waals surface area contributed by atoms with Gasteiger partial charge in [-0.15, -0.1) is 0 Å². The maximum absolute atomic E-state index is 13.8. The quantitative estimate of drug-likeness (QED) is 0.243. The van der Waals surface area contributed by atoms with E-state index in [4.69, 9.17) is 23.7 Å². The van der Waals surface area contributed by atoms with Gasteiger partial charge in [-0.1, -0.05) is 68.1 Å². The Morgan fingerprint density at radius 3 is 2.43 bits per heavy atom. The molecule has 0 aromatic heterocycles. The van der Waals surface area contributed by atoms with Crippen LogP contribution < -0.4 is 4.74 Å². The Morgan fingerprint density at radius 1 is 1.02 bits per heavy atom. The highest BCUT2D eigenvalue weighted by Gasteiger charge is 2.79. The Bertz CT molecular complexity index is 1710. The first-order valence-electron chi connectivity index (χ1n) is 16.2. The van der Waals surface area contributed by atoms with Crippen LogP contribution in [0.15, 0.2) is 90.0 Å². The van der Waals surface area contributed by atoms with Gasteiger partial charge < -0.3 is 28.8 Å². The fraction of sp³-hybridized carbons (Fsp3) is 0.447. The Hall–Kier alpha value is -3.89. The van der Waals surface area contributed by atoms with Crippen molar-refractivity contribution in [2.75, 3.05) is 6.61 Å². The number of Topliss-reactive ketones (excluding diaryl/α,β-unsaturated/α-hetero) is 1. The van der Waals surface area contributed by atoms with Crippen LogP contribution >= 0.6 is 0 Å².